The Hall–Kier alpha value is -0.740. The largest absolute Gasteiger partial charge is 0.206 e. The van der Waals surface area contributed by atoms with E-state index in [0.717, 1.165) is 12.3 Å². The molecule has 0 saturated heterocycles. The summed E-state index contributed by atoms with van der Waals surface area (Å²) in [6.45, 7) is 7.55. The fraction of sp³-hybridized carbons (Fsp3) is 0.182. The van der Waals surface area contributed by atoms with Gasteiger partial charge in [0.25, 0.3) is 0 Å². The van der Waals surface area contributed by atoms with Crippen LogP contribution in [-0.2, 0) is 0 Å². The first kappa shape index (κ1) is 9.35. The average molecular weight is 177 g/mol. The maximum Gasteiger partial charge on any atom is -0.0219 e. The van der Waals surface area contributed by atoms with Crippen molar-refractivity contribution < 1.29 is 0 Å². The molecular formula is C11H14P-. The van der Waals surface area contributed by atoms with Gasteiger partial charge in [-0.3, -0.25) is 0 Å². The topological polar surface area (TPSA) is 0 Å². The fourth-order valence-electron chi connectivity index (χ4n) is 1.17. The molecule has 0 atom stereocenters. The zero-order valence-electron chi connectivity index (χ0n) is 7.24. The number of rotatable bonds is 5. The molecule has 0 spiro atoms. The molecule has 0 amide bonds. The molecule has 0 unspecified atom stereocenters. The van der Waals surface area contributed by atoms with Crippen LogP contribution in [0.1, 0.15) is 0 Å². The maximum atomic E-state index is 3.77. The second-order valence-corrected chi connectivity index (χ2v) is 4.95. The lowest BCUT2D eigenvalue weighted by Crippen LogP contribution is -2.00. The first-order valence-electron chi connectivity index (χ1n) is 4.07. The van der Waals surface area contributed by atoms with Crippen LogP contribution in [0.5, 0.6) is 0 Å². The predicted molar refractivity (Wildman–Crippen MR) is 58.7 cm³/mol. The molecule has 0 bridgehead atoms. The normalized spacial score (nSPS) is 10.1. The van der Waals surface area contributed by atoms with Crippen molar-refractivity contribution in [1.82, 2.24) is 0 Å². The Balaban J connectivity index is 2.65. The predicted octanol–water partition coefficient (Wildman–Crippen LogP) is 2.88. The first-order valence-corrected chi connectivity index (χ1v) is 5.78. The quantitative estimate of drug-likeness (QED) is 0.368. The highest BCUT2D eigenvalue weighted by Gasteiger charge is 1.98. The van der Waals surface area contributed by atoms with Gasteiger partial charge in [0.05, 0.1) is 0 Å². The van der Waals surface area contributed by atoms with E-state index in [2.05, 4.69) is 37.4 Å². The Kier molecular flexibility index (Phi) is 3.90. The minimum Gasteiger partial charge on any atom is -0.206 e. The van der Waals surface area contributed by atoms with Crippen molar-refractivity contribution in [3.05, 3.63) is 49.6 Å². The Morgan fingerprint density at radius 1 is 1.33 bits per heavy atom. The van der Waals surface area contributed by atoms with E-state index in [4.69, 9.17) is 0 Å². The SMILES string of the molecule is C=CCP(CC=C)c1cc[cH-]c1. The first-order chi connectivity index (χ1) is 5.88. The highest BCUT2D eigenvalue weighted by Crippen LogP contribution is 2.34. The van der Waals surface area contributed by atoms with E-state index < -0.39 is 0 Å². The minimum absolute atomic E-state index is 0.0550. The molecule has 0 aliphatic rings. The molecule has 64 valence electrons. The van der Waals surface area contributed by atoms with Gasteiger partial charge in [0.1, 0.15) is 0 Å². The molecule has 0 fully saturated rings. The molecule has 0 aliphatic carbocycles. The number of allylic oxidation sites excluding steroid dienone is 2. The lowest BCUT2D eigenvalue weighted by atomic mass is 10.7. The molecule has 0 aromatic heterocycles. The summed E-state index contributed by atoms with van der Waals surface area (Å²) in [7, 11) is -0.0550. The zero-order valence-corrected chi connectivity index (χ0v) is 8.13. The van der Waals surface area contributed by atoms with Crippen LogP contribution in [0.4, 0.5) is 0 Å². The van der Waals surface area contributed by atoms with Crippen LogP contribution in [0, 0.1) is 0 Å². The lowest BCUT2D eigenvalue weighted by molar-refractivity contribution is 1.68. The molecule has 0 aliphatic heterocycles. The molecule has 0 nitrogen and oxygen atoms in total. The molecule has 12 heavy (non-hydrogen) atoms. The standard InChI is InChI=1S/C11H14P/c1-3-9-12(10-4-2)11-7-5-6-8-11/h3-8H,1-2,9-10H2/q-1. The maximum absolute atomic E-state index is 3.77. The van der Waals surface area contributed by atoms with Crippen LogP contribution in [0.25, 0.3) is 0 Å². The number of hydrogen-bond donors (Lipinski definition) is 0. The van der Waals surface area contributed by atoms with Crippen LogP contribution in [0.3, 0.4) is 0 Å². The highest BCUT2D eigenvalue weighted by atomic mass is 31.1. The van der Waals surface area contributed by atoms with Crippen molar-refractivity contribution >= 4 is 13.2 Å². The monoisotopic (exact) mass is 177 g/mol. The second kappa shape index (κ2) is 5.00. The Labute approximate surface area is 75.7 Å². The van der Waals surface area contributed by atoms with E-state index in [1.165, 1.54) is 5.30 Å². The van der Waals surface area contributed by atoms with Crippen molar-refractivity contribution in [2.75, 3.05) is 12.3 Å². The second-order valence-electron chi connectivity index (χ2n) is 2.63. The number of hydrogen-bond acceptors (Lipinski definition) is 0. The molecule has 0 N–H and O–H groups in total. The fourth-order valence-corrected chi connectivity index (χ4v) is 2.96. The third-order valence-corrected chi connectivity index (χ3v) is 4.14. The Morgan fingerprint density at radius 2 is 2.00 bits per heavy atom. The Bertz CT molecular complexity index is 224. The van der Waals surface area contributed by atoms with Crippen LogP contribution in [0.15, 0.2) is 49.6 Å². The average Bonchev–Trinajstić information content (AvgIpc) is 2.56. The third kappa shape index (κ3) is 2.39. The van der Waals surface area contributed by atoms with Gasteiger partial charge in [-0.15, -0.1) is 21.1 Å². The highest BCUT2D eigenvalue weighted by molar-refractivity contribution is 7.66. The summed E-state index contributed by atoms with van der Waals surface area (Å²) < 4.78 is 0. The van der Waals surface area contributed by atoms with Gasteiger partial charge in [-0.25, -0.2) is 6.07 Å². The summed E-state index contributed by atoms with van der Waals surface area (Å²) in [6.07, 6.45) is 6.21. The van der Waals surface area contributed by atoms with Gasteiger partial charge in [-0.05, 0) is 12.3 Å². The molecule has 1 heteroatoms. The van der Waals surface area contributed by atoms with Gasteiger partial charge < -0.3 is 0 Å². The summed E-state index contributed by atoms with van der Waals surface area (Å²) in [4.78, 5) is 0. The summed E-state index contributed by atoms with van der Waals surface area (Å²) in [5, 5.41) is 1.46. The van der Waals surface area contributed by atoms with Gasteiger partial charge in [0.15, 0.2) is 0 Å². The van der Waals surface area contributed by atoms with Crippen molar-refractivity contribution in [3.8, 4) is 0 Å². The summed E-state index contributed by atoms with van der Waals surface area (Å²) >= 11 is 0. The third-order valence-electron chi connectivity index (χ3n) is 1.71. The lowest BCUT2D eigenvalue weighted by Gasteiger charge is -2.18. The molecule has 0 radical (unpaired) electrons. The van der Waals surface area contributed by atoms with Crippen molar-refractivity contribution in [1.29, 1.82) is 0 Å². The molecule has 1 aromatic carbocycles. The molecule has 1 rings (SSSR count). The van der Waals surface area contributed by atoms with Gasteiger partial charge >= 0.3 is 0 Å². The van der Waals surface area contributed by atoms with Crippen LogP contribution in [0.2, 0.25) is 0 Å². The van der Waals surface area contributed by atoms with E-state index in [0.29, 0.717) is 0 Å². The molecule has 0 heterocycles. The molecular weight excluding hydrogens is 163 g/mol. The van der Waals surface area contributed by atoms with Crippen molar-refractivity contribution in [2.45, 2.75) is 0 Å². The van der Waals surface area contributed by atoms with Gasteiger partial charge in [-0.2, -0.15) is 23.5 Å². The van der Waals surface area contributed by atoms with E-state index in [-0.39, 0.29) is 7.92 Å². The summed E-state index contributed by atoms with van der Waals surface area (Å²) in [5.41, 5.74) is 0. The Morgan fingerprint density at radius 3 is 2.42 bits per heavy atom. The molecule has 1 aromatic rings. The van der Waals surface area contributed by atoms with E-state index in [1.807, 2.05) is 12.2 Å². The van der Waals surface area contributed by atoms with Crippen molar-refractivity contribution in [2.24, 2.45) is 0 Å². The van der Waals surface area contributed by atoms with Crippen LogP contribution in [-0.4, -0.2) is 12.3 Å². The summed E-state index contributed by atoms with van der Waals surface area (Å²) in [5.74, 6) is 0. The van der Waals surface area contributed by atoms with Crippen LogP contribution >= 0.6 is 7.92 Å². The zero-order chi connectivity index (χ0) is 8.81. The smallest absolute Gasteiger partial charge is 0.0219 e. The summed E-state index contributed by atoms with van der Waals surface area (Å²) in [6, 6.07) is 8.57. The van der Waals surface area contributed by atoms with E-state index in [9.17, 15) is 0 Å². The van der Waals surface area contributed by atoms with Crippen molar-refractivity contribution in [3.63, 3.8) is 0 Å². The van der Waals surface area contributed by atoms with E-state index in [1.54, 1.807) is 0 Å². The van der Waals surface area contributed by atoms with Gasteiger partial charge in [-0.1, -0.05) is 12.2 Å². The van der Waals surface area contributed by atoms with Gasteiger partial charge in [0, 0.05) is 0 Å². The molecule has 0 saturated carbocycles. The van der Waals surface area contributed by atoms with Gasteiger partial charge in [0.2, 0.25) is 0 Å². The minimum atomic E-state index is -0.0550. The van der Waals surface area contributed by atoms with E-state index >= 15 is 0 Å². The van der Waals surface area contributed by atoms with Crippen LogP contribution < -0.4 is 5.30 Å².